The SMILES string of the molecule is CC(C)c1ccc(S(=O)(=O)N2CCC(C(=O)Nc3nc4c(s3)CCC4)CC2)cc1. The van der Waals surface area contributed by atoms with E-state index in [1.807, 2.05) is 12.1 Å². The Kier molecular flexibility index (Phi) is 5.77. The predicted octanol–water partition coefficient (Wildman–Crippen LogP) is 3.79. The fraction of sp³-hybridized carbons (Fsp3) is 0.524. The fourth-order valence-corrected chi connectivity index (χ4v) is 6.51. The van der Waals surface area contributed by atoms with Crippen LogP contribution in [0.15, 0.2) is 29.2 Å². The van der Waals surface area contributed by atoms with Crippen LogP contribution in [0.25, 0.3) is 0 Å². The number of aromatic nitrogens is 1. The van der Waals surface area contributed by atoms with Crippen LogP contribution >= 0.6 is 11.3 Å². The predicted molar refractivity (Wildman–Crippen MR) is 115 cm³/mol. The van der Waals surface area contributed by atoms with Crippen molar-refractivity contribution in [2.24, 2.45) is 5.92 Å². The minimum Gasteiger partial charge on any atom is -0.302 e. The molecule has 4 rings (SSSR count). The van der Waals surface area contributed by atoms with E-state index in [-0.39, 0.29) is 11.8 Å². The van der Waals surface area contributed by atoms with Crippen molar-refractivity contribution in [3.05, 3.63) is 40.4 Å². The second kappa shape index (κ2) is 8.16. The van der Waals surface area contributed by atoms with E-state index < -0.39 is 10.0 Å². The van der Waals surface area contributed by atoms with E-state index in [9.17, 15) is 13.2 Å². The first-order valence-electron chi connectivity index (χ1n) is 10.2. The largest absolute Gasteiger partial charge is 0.302 e. The molecule has 1 aliphatic carbocycles. The number of sulfonamides is 1. The Balaban J connectivity index is 1.36. The summed E-state index contributed by atoms with van der Waals surface area (Å²) >= 11 is 1.57. The molecule has 1 N–H and O–H groups in total. The van der Waals surface area contributed by atoms with Crippen molar-refractivity contribution in [2.75, 3.05) is 18.4 Å². The first kappa shape index (κ1) is 20.5. The van der Waals surface area contributed by atoms with Gasteiger partial charge in [-0.05, 0) is 55.7 Å². The summed E-state index contributed by atoms with van der Waals surface area (Å²) in [7, 11) is -3.52. The van der Waals surface area contributed by atoms with E-state index in [4.69, 9.17) is 0 Å². The van der Waals surface area contributed by atoms with E-state index >= 15 is 0 Å². The van der Waals surface area contributed by atoms with E-state index in [1.54, 1.807) is 23.5 Å². The Hall–Kier alpha value is -1.77. The summed E-state index contributed by atoms with van der Waals surface area (Å²) in [4.78, 5) is 18.7. The summed E-state index contributed by atoms with van der Waals surface area (Å²) in [5, 5.41) is 3.62. The average molecular weight is 434 g/mol. The van der Waals surface area contributed by atoms with Gasteiger partial charge >= 0.3 is 0 Å². The molecule has 0 radical (unpaired) electrons. The standard InChI is InChI=1S/C21H27N3O3S2/c1-14(2)15-6-8-17(9-7-15)29(26,27)24-12-10-16(11-13-24)20(25)23-21-22-18-4-3-5-19(18)28-21/h6-9,14,16H,3-5,10-13H2,1-2H3,(H,22,23,25). The lowest BCUT2D eigenvalue weighted by atomic mass is 9.97. The maximum atomic E-state index is 12.9. The van der Waals surface area contributed by atoms with Crippen molar-refractivity contribution in [3.63, 3.8) is 0 Å². The number of carbonyl (C=O) groups is 1. The molecule has 1 aromatic heterocycles. The van der Waals surface area contributed by atoms with Crippen LogP contribution in [0, 0.1) is 5.92 Å². The van der Waals surface area contributed by atoms with Gasteiger partial charge in [0.1, 0.15) is 0 Å². The lowest BCUT2D eigenvalue weighted by Gasteiger charge is -2.30. The summed E-state index contributed by atoms with van der Waals surface area (Å²) in [6, 6.07) is 7.13. The zero-order chi connectivity index (χ0) is 20.6. The molecule has 1 aromatic carbocycles. The van der Waals surface area contributed by atoms with Crippen molar-refractivity contribution >= 4 is 32.4 Å². The third kappa shape index (κ3) is 4.25. The highest BCUT2D eigenvalue weighted by Crippen LogP contribution is 2.31. The quantitative estimate of drug-likeness (QED) is 0.778. The Morgan fingerprint density at radius 1 is 1.17 bits per heavy atom. The van der Waals surface area contributed by atoms with Gasteiger partial charge in [-0.3, -0.25) is 4.79 Å². The van der Waals surface area contributed by atoms with Gasteiger partial charge in [-0.1, -0.05) is 26.0 Å². The second-order valence-corrected chi connectivity index (χ2v) is 11.2. The van der Waals surface area contributed by atoms with Gasteiger partial charge in [0.25, 0.3) is 0 Å². The molecule has 2 heterocycles. The molecule has 1 amide bonds. The number of hydrogen-bond acceptors (Lipinski definition) is 5. The molecular formula is C21H27N3O3S2. The van der Waals surface area contributed by atoms with Crippen LogP contribution in [-0.2, 0) is 27.7 Å². The summed E-state index contributed by atoms with van der Waals surface area (Å²) in [5.74, 6) is 0.138. The van der Waals surface area contributed by atoms with Gasteiger partial charge in [-0.2, -0.15) is 4.31 Å². The first-order valence-corrected chi connectivity index (χ1v) is 12.5. The van der Waals surface area contributed by atoms with Crippen LogP contribution in [0.2, 0.25) is 0 Å². The van der Waals surface area contributed by atoms with Crippen molar-refractivity contribution < 1.29 is 13.2 Å². The van der Waals surface area contributed by atoms with Crippen molar-refractivity contribution in [2.45, 2.75) is 56.8 Å². The van der Waals surface area contributed by atoms with Gasteiger partial charge in [-0.25, -0.2) is 13.4 Å². The number of thiazole rings is 1. The number of nitrogens with one attached hydrogen (secondary N) is 1. The molecule has 29 heavy (non-hydrogen) atoms. The molecule has 0 bridgehead atoms. The minimum atomic E-state index is -3.52. The monoisotopic (exact) mass is 433 g/mol. The molecular weight excluding hydrogens is 406 g/mol. The zero-order valence-corrected chi connectivity index (χ0v) is 18.5. The fourth-order valence-electron chi connectivity index (χ4n) is 3.98. The number of hydrogen-bond donors (Lipinski definition) is 1. The number of piperidine rings is 1. The van der Waals surface area contributed by atoms with Crippen LogP contribution in [0.5, 0.6) is 0 Å². The van der Waals surface area contributed by atoms with E-state index in [0.29, 0.717) is 41.9 Å². The molecule has 0 spiro atoms. The van der Waals surface area contributed by atoms with Crippen LogP contribution < -0.4 is 5.32 Å². The summed E-state index contributed by atoms with van der Waals surface area (Å²) in [6.07, 6.45) is 4.25. The summed E-state index contributed by atoms with van der Waals surface area (Å²) in [5.41, 5.74) is 2.24. The number of rotatable bonds is 5. The Labute approximate surface area is 176 Å². The lowest BCUT2D eigenvalue weighted by Crippen LogP contribution is -2.41. The number of benzene rings is 1. The maximum absolute atomic E-state index is 12.9. The van der Waals surface area contributed by atoms with E-state index in [1.165, 1.54) is 9.18 Å². The normalized spacial score (nSPS) is 18.2. The van der Waals surface area contributed by atoms with Crippen LogP contribution in [0.3, 0.4) is 0 Å². The van der Waals surface area contributed by atoms with Crippen molar-refractivity contribution in [3.8, 4) is 0 Å². The Morgan fingerprint density at radius 3 is 2.48 bits per heavy atom. The molecule has 1 saturated heterocycles. The van der Waals surface area contributed by atoms with Gasteiger partial charge in [0, 0.05) is 23.9 Å². The highest BCUT2D eigenvalue weighted by Gasteiger charge is 2.32. The molecule has 156 valence electrons. The smallest absolute Gasteiger partial charge is 0.243 e. The Morgan fingerprint density at radius 2 is 1.86 bits per heavy atom. The third-order valence-corrected chi connectivity index (χ3v) is 8.82. The second-order valence-electron chi connectivity index (χ2n) is 8.13. The van der Waals surface area contributed by atoms with Crippen LogP contribution in [0.4, 0.5) is 5.13 Å². The summed E-state index contributed by atoms with van der Waals surface area (Å²) < 4.78 is 27.4. The highest BCUT2D eigenvalue weighted by atomic mass is 32.2. The Bertz CT molecular complexity index is 967. The number of fused-ring (bicyclic) bond motifs is 1. The molecule has 0 atom stereocenters. The molecule has 6 nitrogen and oxygen atoms in total. The molecule has 1 aliphatic heterocycles. The maximum Gasteiger partial charge on any atom is 0.243 e. The molecule has 8 heteroatoms. The number of anilines is 1. The number of carbonyl (C=O) groups excluding carboxylic acids is 1. The number of nitrogens with zero attached hydrogens (tertiary/aromatic N) is 2. The van der Waals surface area contributed by atoms with E-state index in [2.05, 4.69) is 24.1 Å². The van der Waals surface area contributed by atoms with Crippen LogP contribution in [-0.4, -0.2) is 36.7 Å². The van der Waals surface area contributed by atoms with Gasteiger partial charge in [0.05, 0.1) is 10.6 Å². The molecule has 2 aromatic rings. The molecule has 0 unspecified atom stereocenters. The van der Waals surface area contributed by atoms with Gasteiger partial charge < -0.3 is 5.32 Å². The molecule has 0 saturated carbocycles. The zero-order valence-electron chi connectivity index (χ0n) is 16.8. The molecule has 1 fully saturated rings. The van der Waals surface area contributed by atoms with Gasteiger partial charge in [0.15, 0.2) is 5.13 Å². The average Bonchev–Trinajstić information content (AvgIpc) is 3.30. The third-order valence-electron chi connectivity index (χ3n) is 5.84. The topological polar surface area (TPSA) is 79.4 Å². The van der Waals surface area contributed by atoms with E-state index in [0.717, 1.165) is 30.5 Å². The number of aryl methyl sites for hydroxylation is 2. The molecule has 2 aliphatic rings. The van der Waals surface area contributed by atoms with Crippen molar-refractivity contribution in [1.82, 2.24) is 9.29 Å². The number of amides is 1. The van der Waals surface area contributed by atoms with Crippen molar-refractivity contribution in [1.29, 1.82) is 0 Å². The first-order chi connectivity index (χ1) is 13.8. The van der Waals surface area contributed by atoms with Gasteiger partial charge in [-0.15, -0.1) is 11.3 Å². The van der Waals surface area contributed by atoms with Gasteiger partial charge in [0.2, 0.25) is 15.9 Å². The minimum absolute atomic E-state index is 0.0456. The summed E-state index contributed by atoms with van der Waals surface area (Å²) in [6.45, 7) is 4.89. The highest BCUT2D eigenvalue weighted by molar-refractivity contribution is 7.89. The lowest BCUT2D eigenvalue weighted by molar-refractivity contribution is -0.120. The van der Waals surface area contributed by atoms with Crippen LogP contribution in [0.1, 0.15) is 55.2 Å².